The lowest BCUT2D eigenvalue weighted by molar-refractivity contribution is -0.0499. The molecule has 4 aromatic rings. The molecule has 0 aromatic heterocycles. The van der Waals surface area contributed by atoms with Crippen molar-refractivity contribution in [2.45, 2.75) is 88.6 Å². The molecular weight excluding hydrogens is 589 g/mol. The fourth-order valence-corrected chi connectivity index (χ4v) is 4.99. The molecule has 0 aliphatic carbocycles. The van der Waals surface area contributed by atoms with E-state index in [4.69, 9.17) is 13.7 Å². The molecule has 0 fully saturated rings. The number of alkyl halides is 3. The van der Waals surface area contributed by atoms with Gasteiger partial charge in [-0.25, -0.2) is 0 Å². The van der Waals surface area contributed by atoms with Gasteiger partial charge in [0, 0.05) is 16.5 Å². The largest absolute Gasteiger partial charge is 0.534 e. The van der Waals surface area contributed by atoms with Crippen LogP contribution in [0.3, 0.4) is 0 Å². The van der Waals surface area contributed by atoms with Crippen molar-refractivity contribution in [3.05, 3.63) is 64.7 Å². The summed E-state index contributed by atoms with van der Waals surface area (Å²) in [6.07, 6.45) is 0. The fourth-order valence-electron chi connectivity index (χ4n) is 4.53. The lowest BCUT2D eigenvalue weighted by Crippen LogP contribution is -2.28. The SMILES string of the molecule is CC.CC.CC.CC.COc1cc(C)c2cc(C)ccc2c1-c1c(OC)cc(C)c2cc(C)cc(OS(=O)(=O)C(F)(F)F)c12. The quantitative estimate of drug-likeness (QED) is 0.161. The Morgan fingerprint density at radius 3 is 1.50 bits per heavy atom. The maximum absolute atomic E-state index is 13.3. The number of rotatable bonds is 5. The minimum absolute atomic E-state index is 0.175. The molecule has 0 bridgehead atoms. The van der Waals surface area contributed by atoms with Gasteiger partial charge in [0.25, 0.3) is 0 Å². The van der Waals surface area contributed by atoms with E-state index in [0.717, 1.165) is 21.9 Å². The number of ether oxygens (including phenoxy) is 2. The van der Waals surface area contributed by atoms with Gasteiger partial charge in [0.2, 0.25) is 0 Å². The molecule has 246 valence electrons. The Morgan fingerprint density at radius 1 is 0.568 bits per heavy atom. The van der Waals surface area contributed by atoms with E-state index in [-0.39, 0.29) is 5.39 Å². The topological polar surface area (TPSA) is 61.8 Å². The summed E-state index contributed by atoms with van der Waals surface area (Å²) in [5.74, 6) is 0.349. The van der Waals surface area contributed by atoms with Crippen molar-refractivity contribution in [2.24, 2.45) is 0 Å². The molecule has 0 atom stereocenters. The van der Waals surface area contributed by atoms with E-state index in [1.807, 2.05) is 93.5 Å². The lowest BCUT2D eigenvalue weighted by Gasteiger charge is -2.22. The van der Waals surface area contributed by atoms with Crippen LogP contribution in [0, 0.1) is 27.7 Å². The predicted molar refractivity (Wildman–Crippen MR) is 180 cm³/mol. The van der Waals surface area contributed by atoms with Crippen LogP contribution in [0.2, 0.25) is 0 Å². The minimum atomic E-state index is -5.93. The second-order valence-corrected chi connectivity index (χ2v) is 10.3. The Labute approximate surface area is 262 Å². The van der Waals surface area contributed by atoms with Crippen LogP contribution in [-0.2, 0) is 10.1 Å². The number of hydrogen-bond acceptors (Lipinski definition) is 5. The van der Waals surface area contributed by atoms with Gasteiger partial charge in [-0.3, -0.25) is 0 Å². The van der Waals surface area contributed by atoms with E-state index >= 15 is 0 Å². The van der Waals surface area contributed by atoms with Crippen molar-refractivity contribution in [1.29, 1.82) is 0 Å². The van der Waals surface area contributed by atoms with E-state index in [0.29, 0.717) is 39.1 Å². The van der Waals surface area contributed by atoms with Crippen molar-refractivity contribution >= 4 is 31.7 Å². The first-order valence-electron chi connectivity index (χ1n) is 15.0. The number of fused-ring (bicyclic) bond motifs is 2. The minimum Gasteiger partial charge on any atom is -0.496 e. The molecule has 0 N–H and O–H groups in total. The van der Waals surface area contributed by atoms with E-state index in [1.165, 1.54) is 20.3 Å². The van der Waals surface area contributed by atoms with Gasteiger partial charge in [0.15, 0.2) is 5.75 Å². The Hall–Kier alpha value is -3.46. The predicted octanol–water partition coefficient (Wildman–Crippen LogP) is 11.2. The summed E-state index contributed by atoms with van der Waals surface area (Å²) in [6.45, 7) is 23.3. The van der Waals surface area contributed by atoms with Crippen molar-refractivity contribution in [3.8, 4) is 28.4 Å². The molecule has 0 saturated heterocycles. The summed E-state index contributed by atoms with van der Waals surface area (Å²) < 4.78 is 80.3. The highest BCUT2D eigenvalue weighted by atomic mass is 32.2. The number of aryl methyl sites for hydroxylation is 4. The molecule has 0 unspecified atom stereocenters. The van der Waals surface area contributed by atoms with Crippen LogP contribution in [0.4, 0.5) is 13.2 Å². The van der Waals surface area contributed by atoms with Gasteiger partial charge in [0.05, 0.1) is 14.2 Å². The summed E-state index contributed by atoms with van der Waals surface area (Å²) >= 11 is 0. The highest BCUT2D eigenvalue weighted by Crippen LogP contribution is 2.50. The fraction of sp³-hybridized carbons (Fsp3) is 0.429. The Kier molecular flexibility index (Phi) is 16.3. The molecule has 0 heterocycles. The second kappa shape index (κ2) is 17.7. The van der Waals surface area contributed by atoms with Crippen molar-refractivity contribution < 1.29 is 35.2 Å². The van der Waals surface area contributed by atoms with Crippen LogP contribution in [0.1, 0.15) is 77.6 Å². The third-order valence-electron chi connectivity index (χ3n) is 6.15. The summed E-state index contributed by atoms with van der Waals surface area (Å²) in [4.78, 5) is 0. The molecule has 9 heteroatoms. The van der Waals surface area contributed by atoms with Crippen LogP contribution in [-0.4, -0.2) is 28.1 Å². The third kappa shape index (κ3) is 8.58. The Bertz CT molecular complexity index is 1630. The Morgan fingerprint density at radius 2 is 1.02 bits per heavy atom. The van der Waals surface area contributed by atoms with E-state index in [9.17, 15) is 21.6 Å². The van der Waals surface area contributed by atoms with E-state index in [1.54, 1.807) is 26.0 Å². The van der Waals surface area contributed by atoms with Crippen LogP contribution in [0.25, 0.3) is 32.7 Å². The Balaban J connectivity index is 0.00000214. The van der Waals surface area contributed by atoms with Gasteiger partial charge in [-0.1, -0.05) is 85.2 Å². The third-order valence-corrected chi connectivity index (χ3v) is 7.12. The number of hydrogen-bond donors (Lipinski definition) is 0. The highest BCUT2D eigenvalue weighted by Gasteiger charge is 2.49. The first-order valence-corrected chi connectivity index (χ1v) is 16.4. The van der Waals surface area contributed by atoms with Crippen LogP contribution in [0.5, 0.6) is 17.2 Å². The van der Waals surface area contributed by atoms with Crippen LogP contribution < -0.4 is 13.7 Å². The zero-order valence-electron chi connectivity index (χ0n) is 28.6. The first-order chi connectivity index (χ1) is 20.8. The second-order valence-electron chi connectivity index (χ2n) is 8.76. The first kappa shape index (κ1) is 40.5. The molecular formula is C35H49F3O5S. The molecule has 0 radical (unpaired) electrons. The highest BCUT2D eigenvalue weighted by molar-refractivity contribution is 7.88. The van der Waals surface area contributed by atoms with Crippen molar-refractivity contribution in [2.75, 3.05) is 14.2 Å². The van der Waals surface area contributed by atoms with Crippen LogP contribution in [0.15, 0.2) is 42.5 Å². The summed E-state index contributed by atoms with van der Waals surface area (Å²) in [5, 5.41) is 2.39. The summed E-state index contributed by atoms with van der Waals surface area (Å²) in [5.41, 5.74) is -1.49. The average Bonchev–Trinajstić information content (AvgIpc) is 3.01. The lowest BCUT2D eigenvalue weighted by atomic mass is 9.88. The van der Waals surface area contributed by atoms with Gasteiger partial charge in [-0.05, 0) is 78.7 Å². The standard InChI is InChI=1S/C27H25F3O5S.4C2H6/c1-14-7-8-18-19(9-14)16(3)12-21(33-5)24(18)26-22(34-6)13-17(4)20-10-15(2)11-23(25(20)26)35-36(31,32)27(28,29)30;4*1-2/h7-13H,1-6H3;4*1-2H3. The van der Waals surface area contributed by atoms with Gasteiger partial charge in [-0.2, -0.15) is 21.6 Å². The molecule has 4 aromatic carbocycles. The number of halogens is 3. The molecule has 0 amide bonds. The number of benzene rings is 4. The van der Waals surface area contributed by atoms with Crippen molar-refractivity contribution in [3.63, 3.8) is 0 Å². The molecule has 5 nitrogen and oxygen atoms in total. The summed E-state index contributed by atoms with van der Waals surface area (Å²) in [7, 11) is -2.99. The molecule has 0 aliphatic rings. The molecule has 0 aliphatic heterocycles. The van der Waals surface area contributed by atoms with Crippen LogP contribution >= 0.6 is 0 Å². The maximum atomic E-state index is 13.3. The maximum Gasteiger partial charge on any atom is 0.534 e. The molecule has 4 rings (SSSR count). The average molecular weight is 639 g/mol. The smallest absolute Gasteiger partial charge is 0.496 e. The van der Waals surface area contributed by atoms with E-state index < -0.39 is 21.4 Å². The summed E-state index contributed by atoms with van der Waals surface area (Å²) in [6, 6.07) is 12.5. The normalized spacial score (nSPS) is 10.6. The number of methoxy groups -OCH3 is 2. The van der Waals surface area contributed by atoms with Gasteiger partial charge in [-0.15, -0.1) is 0 Å². The zero-order valence-corrected chi connectivity index (χ0v) is 29.4. The van der Waals surface area contributed by atoms with Gasteiger partial charge in [0.1, 0.15) is 11.5 Å². The van der Waals surface area contributed by atoms with E-state index in [2.05, 4.69) is 0 Å². The molecule has 0 saturated carbocycles. The molecule has 44 heavy (non-hydrogen) atoms. The zero-order chi connectivity index (χ0) is 34.6. The van der Waals surface area contributed by atoms with Gasteiger partial charge < -0.3 is 13.7 Å². The monoisotopic (exact) mass is 638 g/mol. The van der Waals surface area contributed by atoms with Gasteiger partial charge >= 0.3 is 15.6 Å². The molecule has 0 spiro atoms. The van der Waals surface area contributed by atoms with Crippen molar-refractivity contribution in [1.82, 2.24) is 0 Å².